The Hall–Kier alpha value is -1.59. The first kappa shape index (κ1) is 15.8. The molecule has 1 fully saturated rings. The zero-order valence-electron chi connectivity index (χ0n) is 12.7. The molecule has 1 heterocycles. The first-order chi connectivity index (χ1) is 10.0. The monoisotopic (exact) mass is 293 g/mol. The third kappa shape index (κ3) is 3.95. The summed E-state index contributed by atoms with van der Waals surface area (Å²) in [7, 11) is 1.63. The number of hydrogen-bond donors (Lipinski definition) is 2. The maximum absolute atomic E-state index is 11.7. The van der Waals surface area contributed by atoms with Crippen molar-refractivity contribution in [2.24, 2.45) is 5.92 Å². The standard InChI is InChI=1S/C16H23NO4/c1-10(2)16(19)21-15-13(17-9-14(15)18)8-11-4-6-12(20-3)7-5-11/h4-7,10,13-15,17-18H,8-9H2,1-3H3/t13-,14+,15+/m1/s1. The molecule has 1 aliphatic rings. The Kier molecular flexibility index (Phi) is 5.20. The SMILES string of the molecule is COc1ccc(C[C@H]2NC[C@H](O)[C@H]2OC(=O)C(C)C)cc1. The largest absolute Gasteiger partial charge is 0.497 e. The molecule has 0 aliphatic carbocycles. The van der Waals surface area contributed by atoms with Gasteiger partial charge in [-0.1, -0.05) is 26.0 Å². The van der Waals surface area contributed by atoms with Crippen LogP contribution >= 0.6 is 0 Å². The lowest BCUT2D eigenvalue weighted by atomic mass is 10.0. The Balaban J connectivity index is 2.01. The molecule has 1 saturated heterocycles. The number of aliphatic hydroxyl groups excluding tert-OH is 1. The minimum absolute atomic E-state index is 0.0731. The molecule has 0 saturated carbocycles. The van der Waals surface area contributed by atoms with Crippen LogP contribution in [-0.2, 0) is 16.0 Å². The Labute approximate surface area is 125 Å². The molecule has 1 aromatic rings. The van der Waals surface area contributed by atoms with Crippen molar-refractivity contribution < 1.29 is 19.4 Å². The second-order valence-electron chi connectivity index (χ2n) is 5.69. The van der Waals surface area contributed by atoms with Crippen LogP contribution in [0.15, 0.2) is 24.3 Å². The predicted octanol–water partition coefficient (Wildman–Crippen LogP) is 1.14. The minimum atomic E-state index is -0.657. The van der Waals surface area contributed by atoms with E-state index in [-0.39, 0.29) is 17.9 Å². The first-order valence-corrected chi connectivity index (χ1v) is 7.26. The number of benzene rings is 1. The molecule has 0 unspecified atom stereocenters. The van der Waals surface area contributed by atoms with E-state index >= 15 is 0 Å². The highest BCUT2D eigenvalue weighted by molar-refractivity contribution is 5.71. The van der Waals surface area contributed by atoms with Gasteiger partial charge in [-0.2, -0.15) is 0 Å². The van der Waals surface area contributed by atoms with Gasteiger partial charge < -0.3 is 19.9 Å². The number of hydrogen-bond acceptors (Lipinski definition) is 5. The Bertz CT molecular complexity index is 472. The third-order valence-corrected chi connectivity index (χ3v) is 3.70. The van der Waals surface area contributed by atoms with E-state index in [9.17, 15) is 9.90 Å². The van der Waals surface area contributed by atoms with Gasteiger partial charge in [0.2, 0.25) is 0 Å². The fourth-order valence-corrected chi connectivity index (χ4v) is 2.41. The summed E-state index contributed by atoms with van der Waals surface area (Å²) < 4.78 is 10.6. The van der Waals surface area contributed by atoms with Crippen LogP contribution in [0.1, 0.15) is 19.4 Å². The molecule has 116 valence electrons. The number of nitrogens with one attached hydrogen (secondary N) is 1. The second kappa shape index (κ2) is 6.91. The van der Waals surface area contributed by atoms with E-state index in [1.807, 2.05) is 24.3 Å². The highest BCUT2D eigenvalue weighted by atomic mass is 16.6. The van der Waals surface area contributed by atoms with Gasteiger partial charge in [0.15, 0.2) is 0 Å². The summed E-state index contributed by atoms with van der Waals surface area (Å²) in [6, 6.07) is 7.68. The van der Waals surface area contributed by atoms with Gasteiger partial charge >= 0.3 is 5.97 Å². The number of esters is 1. The number of β-amino-alcohol motifs (C(OH)–C–C–N with tert-alkyl or cyclic N) is 1. The van der Waals surface area contributed by atoms with Gasteiger partial charge in [0.05, 0.1) is 19.1 Å². The van der Waals surface area contributed by atoms with Crippen LogP contribution in [0.25, 0.3) is 0 Å². The zero-order chi connectivity index (χ0) is 15.4. The van der Waals surface area contributed by atoms with Crippen molar-refractivity contribution >= 4 is 5.97 Å². The Morgan fingerprint density at radius 1 is 1.38 bits per heavy atom. The van der Waals surface area contributed by atoms with E-state index in [4.69, 9.17) is 9.47 Å². The number of rotatable bonds is 5. The molecule has 5 heteroatoms. The molecule has 1 aliphatic heterocycles. The molecule has 5 nitrogen and oxygen atoms in total. The average Bonchev–Trinajstić information content (AvgIpc) is 2.81. The highest BCUT2D eigenvalue weighted by Crippen LogP contribution is 2.20. The summed E-state index contributed by atoms with van der Waals surface area (Å²) in [5.74, 6) is 0.336. The fraction of sp³-hybridized carbons (Fsp3) is 0.562. The maximum Gasteiger partial charge on any atom is 0.308 e. The van der Waals surface area contributed by atoms with Crippen molar-refractivity contribution in [3.05, 3.63) is 29.8 Å². The molecule has 0 aromatic heterocycles. The number of carbonyl (C=O) groups excluding carboxylic acids is 1. The molecule has 0 spiro atoms. The second-order valence-corrected chi connectivity index (χ2v) is 5.69. The highest BCUT2D eigenvalue weighted by Gasteiger charge is 2.38. The predicted molar refractivity (Wildman–Crippen MR) is 79.2 cm³/mol. The topological polar surface area (TPSA) is 67.8 Å². The lowest BCUT2D eigenvalue weighted by Gasteiger charge is -2.23. The Morgan fingerprint density at radius 3 is 2.62 bits per heavy atom. The fourth-order valence-electron chi connectivity index (χ4n) is 2.41. The van der Waals surface area contributed by atoms with Gasteiger partial charge in [-0.05, 0) is 24.1 Å². The summed E-state index contributed by atoms with van der Waals surface area (Å²) in [5.41, 5.74) is 1.10. The van der Waals surface area contributed by atoms with E-state index in [0.29, 0.717) is 13.0 Å². The normalized spacial score (nSPS) is 25.1. The summed E-state index contributed by atoms with van der Waals surface area (Å²) in [5, 5.41) is 13.2. The van der Waals surface area contributed by atoms with E-state index < -0.39 is 12.2 Å². The molecule has 2 N–H and O–H groups in total. The van der Waals surface area contributed by atoms with Crippen LogP contribution in [0.5, 0.6) is 5.75 Å². The quantitative estimate of drug-likeness (QED) is 0.797. The summed E-state index contributed by atoms with van der Waals surface area (Å²) >= 11 is 0. The molecule has 21 heavy (non-hydrogen) atoms. The van der Waals surface area contributed by atoms with Gasteiger partial charge in [-0.25, -0.2) is 0 Å². The molecule has 2 rings (SSSR count). The van der Waals surface area contributed by atoms with Crippen molar-refractivity contribution in [3.8, 4) is 5.75 Å². The van der Waals surface area contributed by atoms with E-state index in [1.54, 1.807) is 21.0 Å². The first-order valence-electron chi connectivity index (χ1n) is 7.26. The zero-order valence-corrected chi connectivity index (χ0v) is 12.7. The lowest BCUT2D eigenvalue weighted by molar-refractivity contribution is -0.157. The van der Waals surface area contributed by atoms with Gasteiger partial charge in [0.25, 0.3) is 0 Å². The van der Waals surface area contributed by atoms with Crippen molar-refractivity contribution in [1.29, 1.82) is 0 Å². The van der Waals surface area contributed by atoms with E-state index in [0.717, 1.165) is 11.3 Å². The van der Waals surface area contributed by atoms with E-state index in [1.165, 1.54) is 0 Å². The van der Waals surface area contributed by atoms with Crippen LogP contribution in [0.4, 0.5) is 0 Å². The van der Waals surface area contributed by atoms with E-state index in [2.05, 4.69) is 5.32 Å². The summed E-state index contributed by atoms with van der Waals surface area (Å²) in [4.78, 5) is 11.7. The van der Waals surface area contributed by atoms with Crippen LogP contribution in [0.2, 0.25) is 0 Å². The van der Waals surface area contributed by atoms with Crippen LogP contribution in [0.3, 0.4) is 0 Å². The molecule has 0 amide bonds. The van der Waals surface area contributed by atoms with Gasteiger partial charge in [-0.15, -0.1) is 0 Å². The average molecular weight is 293 g/mol. The maximum atomic E-state index is 11.7. The lowest BCUT2D eigenvalue weighted by Crippen LogP contribution is -2.39. The van der Waals surface area contributed by atoms with Gasteiger partial charge in [0.1, 0.15) is 18.0 Å². The molecule has 3 atom stereocenters. The molecular weight excluding hydrogens is 270 g/mol. The van der Waals surface area contributed by atoms with Crippen molar-refractivity contribution in [1.82, 2.24) is 5.32 Å². The smallest absolute Gasteiger partial charge is 0.308 e. The van der Waals surface area contributed by atoms with Crippen molar-refractivity contribution in [2.45, 2.75) is 38.5 Å². The summed E-state index contributed by atoms with van der Waals surface area (Å²) in [6.45, 7) is 4.02. The Morgan fingerprint density at radius 2 is 2.05 bits per heavy atom. The van der Waals surface area contributed by atoms with Crippen LogP contribution in [-0.4, -0.2) is 43.0 Å². The third-order valence-electron chi connectivity index (χ3n) is 3.70. The van der Waals surface area contributed by atoms with Gasteiger partial charge in [-0.3, -0.25) is 4.79 Å². The molecule has 0 bridgehead atoms. The van der Waals surface area contributed by atoms with Crippen molar-refractivity contribution in [2.75, 3.05) is 13.7 Å². The molecule has 0 radical (unpaired) electrons. The minimum Gasteiger partial charge on any atom is -0.497 e. The van der Waals surface area contributed by atoms with Crippen molar-refractivity contribution in [3.63, 3.8) is 0 Å². The van der Waals surface area contributed by atoms with Crippen LogP contribution < -0.4 is 10.1 Å². The van der Waals surface area contributed by atoms with Gasteiger partial charge in [0, 0.05) is 6.54 Å². The molecule has 1 aromatic carbocycles. The molecular formula is C16H23NO4. The number of carbonyl (C=O) groups is 1. The number of ether oxygens (including phenoxy) is 2. The number of methoxy groups -OCH3 is 1. The van der Waals surface area contributed by atoms with Crippen LogP contribution in [0, 0.1) is 5.92 Å². The summed E-state index contributed by atoms with van der Waals surface area (Å²) in [6.07, 6.45) is -0.463. The number of aliphatic hydroxyl groups is 1.